The summed E-state index contributed by atoms with van der Waals surface area (Å²) in [6, 6.07) is 2.14. The number of nitrogens with two attached hydrogens (primary N) is 1. The zero-order chi connectivity index (χ0) is 13.0. The molecule has 0 saturated carbocycles. The van der Waals surface area contributed by atoms with Gasteiger partial charge < -0.3 is 10.5 Å². The minimum atomic E-state index is 0.423. The maximum atomic E-state index is 5.56. The van der Waals surface area contributed by atoms with Crippen LogP contribution in [0.25, 0.3) is 6.08 Å². The minimum absolute atomic E-state index is 0.423. The zero-order valence-corrected chi connectivity index (χ0v) is 12.5. The maximum absolute atomic E-state index is 5.56. The van der Waals surface area contributed by atoms with E-state index in [1.165, 1.54) is 11.1 Å². The number of hydrogen-bond acceptors (Lipinski definition) is 2. The van der Waals surface area contributed by atoms with Gasteiger partial charge in [0.15, 0.2) is 0 Å². The lowest BCUT2D eigenvalue weighted by Gasteiger charge is -2.18. The normalized spacial score (nSPS) is 11.5. The Morgan fingerprint density at radius 1 is 1.47 bits per heavy atom. The van der Waals surface area contributed by atoms with E-state index in [9.17, 15) is 0 Å². The first-order valence-corrected chi connectivity index (χ1v) is 6.55. The summed E-state index contributed by atoms with van der Waals surface area (Å²) in [7, 11) is 1.72. The topological polar surface area (TPSA) is 35.2 Å². The Hall–Kier alpha value is -0.800. The number of rotatable bonds is 4. The molecule has 2 nitrogen and oxygen atoms in total. The van der Waals surface area contributed by atoms with E-state index >= 15 is 0 Å². The van der Waals surface area contributed by atoms with E-state index in [0.29, 0.717) is 12.5 Å². The molecule has 0 atom stereocenters. The molecule has 0 aromatic heterocycles. The molecule has 0 amide bonds. The molecule has 3 heteroatoms. The van der Waals surface area contributed by atoms with Crippen LogP contribution in [0.4, 0.5) is 0 Å². The zero-order valence-electron chi connectivity index (χ0n) is 10.9. The number of methoxy groups -OCH3 is 1. The second kappa shape index (κ2) is 6.22. The molecule has 2 N–H and O–H groups in total. The lowest BCUT2D eigenvalue weighted by Crippen LogP contribution is -2.00. The molecule has 0 radical (unpaired) electrons. The van der Waals surface area contributed by atoms with Gasteiger partial charge in [-0.2, -0.15) is 0 Å². The molecular formula is C14H20BrNO. The van der Waals surface area contributed by atoms with E-state index in [1.807, 2.05) is 12.2 Å². The van der Waals surface area contributed by atoms with Crippen LogP contribution in [0.15, 0.2) is 16.6 Å². The molecule has 0 bridgehead atoms. The standard InChI is InChI=1S/C14H20BrNO/c1-9(2)12-8-13(15)10(3)11(6-5-7-16)14(12)17-4/h5-6,8-9H,7,16H2,1-4H3/b6-5+. The van der Waals surface area contributed by atoms with Gasteiger partial charge in [0, 0.05) is 16.6 Å². The lowest BCUT2D eigenvalue weighted by atomic mass is 9.95. The molecule has 17 heavy (non-hydrogen) atoms. The van der Waals surface area contributed by atoms with Crippen molar-refractivity contribution in [3.63, 3.8) is 0 Å². The third-order valence-electron chi connectivity index (χ3n) is 2.80. The predicted octanol–water partition coefficient (Wildman–Crippen LogP) is 3.86. The average molecular weight is 298 g/mol. The molecule has 1 aromatic rings. The molecule has 1 aromatic carbocycles. The fourth-order valence-corrected chi connectivity index (χ4v) is 2.27. The number of ether oxygens (including phenoxy) is 1. The summed E-state index contributed by atoms with van der Waals surface area (Å²) in [5, 5.41) is 0. The molecule has 0 aliphatic heterocycles. The Kier molecular flexibility index (Phi) is 5.22. The van der Waals surface area contributed by atoms with Crippen LogP contribution in [-0.4, -0.2) is 13.7 Å². The number of hydrogen-bond donors (Lipinski definition) is 1. The second-order valence-electron chi connectivity index (χ2n) is 4.31. The van der Waals surface area contributed by atoms with Gasteiger partial charge in [-0.25, -0.2) is 0 Å². The van der Waals surface area contributed by atoms with Crippen molar-refractivity contribution in [3.8, 4) is 5.75 Å². The first kappa shape index (κ1) is 14.3. The largest absolute Gasteiger partial charge is 0.496 e. The van der Waals surface area contributed by atoms with Crippen molar-refractivity contribution in [2.75, 3.05) is 13.7 Å². The van der Waals surface area contributed by atoms with Gasteiger partial charge in [-0.15, -0.1) is 0 Å². The first-order valence-electron chi connectivity index (χ1n) is 5.76. The van der Waals surface area contributed by atoms with E-state index in [0.717, 1.165) is 15.8 Å². The maximum Gasteiger partial charge on any atom is 0.129 e. The third-order valence-corrected chi connectivity index (χ3v) is 3.62. The van der Waals surface area contributed by atoms with Crippen molar-refractivity contribution in [1.82, 2.24) is 0 Å². The van der Waals surface area contributed by atoms with Crippen LogP contribution < -0.4 is 10.5 Å². The van der Waals surface area contributed by atoms with Crippen LogP contribution in [0.1, 0.15) is 36.5 Å². The van der Waals surface area contributed by atoms with Gasteiger partial charge in [0.2, 0.25) is 0 Å². The summed E-state index contributed by atoms with van der Waals surface area (Å²) in [5.74, 6) is 1.37. The van der Waals surface area contributed by atoms with Crippen molar-refractivity contribution >= 4 is 22.0 Å². The van der Waals surface area contributed by atoms with Crippen LogP contribution in [-0.2, 0) is 0 Å². The third kappa shape index (κ3) is 3.11. The van der Waals surface area contributed by atoms with E-state index in [1.54, 1.807) is 7.11 Å². The summed E-state index contributed by atoms with van der Waals surface area (Å²) in [4.78, 5) is 0. The van der Waals surface area contributed by atoms with Gasteiger partial charge in [0.25, 0.3) is 0 Å². The average Bonchev–Trinajstić information content (AvgIpc) is 2.30. The predicted molar refractivity (Wildman–Crippen MR) is 77.6 cm³/mol. The molecule has 1 rings (SSSR count). The Balaban J connectivity index is 3.47. The lowest BCUT2D eigenvalue weighted by molar-refractivity contribution is 0.406. The van der Waals surface area contributed by atoms with E-state index in [4.69, 9.17) is 10.5 Å². The molecule has 0 aliphatic carbocycles. The molecule has 94 valence electrons. The van der Waals surface area contributed by atoms with Gasteiger partial charge in [-0.3, -0.25) is 0 Å². The van der Waals surface area contributed by atoms with Gasteiger partial charge in [-0.1, -0.05) is 41.9 Å². The molecule has 0 unspecified atom stereocenters. The second-order valence-corrected chi connectivity index (χ2v) is 5.17. The Labute approximate surface area is 112 Å². The first-order chi connectivity index (χ1) is 8.02. The molecular weight excluding hydrogens is 278 g/mol. The van der Waals surface area contributed by atoms with Gasteiger partial charge in [0.05, 0.1) is 7.11 Å². The van der Waals surface area contributed by atoms with Gasteiger partial charge in [0.1, 0.15) is 5.75 Å². The summed E-state index contributed by atoms with van der Waals surface area (Å²) in [6.45, 7) is 6.94. The van der Waals surface area contributed by atoms with E-state index < -0.39 is 0 Å². The van der Waals surface area contributed by atoms with Crippen LogP contribution in [0.2, 0.25) is 0 Å². The van der Waals surface area contributed by atoms with Crippen LogP contribution in [0.5, 0.6) is 5.75 Å². The summed E-state index contributed by atoms with van der Waals surface area (Å²) < 4.78 is 6.67. The fourth-order valence-electron chi connectivity index (χ4n) is 1.81. The fraction of sp³-hybridized carbons (Fsp3) is 0.429. The van der Waals surface area contributed by atoms with Gasteiger partial charge in [-0.05, 0) is 30.0 Å². The summed E-state index contributed by atoms with van der Waals surface area (Å²) in [6.07, 6.45) is 3.98. The van der Waals surface area contributed by atoms with Crippen LogP contribution >= 0.6 is 15.9 Å². The van der Waals surface area contributed by atoms with E-state index in [-0.39, 0.29) is 0 Å². The molecule has 0 saturated heterocycles. The number of halogens is 1. The highest BCUT2D eigenvalue weighted by Crippen LogP contribution is 2.37. The molecule has 0 fully saturated rings. The highest BCUT2D eigenvalue weighted by molar-refractivity contribution is 9.10. The minimum Gasteiger partial charge on any atom is -0.496 e. The van der Waals surface area contributed by atoms with E-state index in [2.05, 4.69) is 42.8 Å². The summed E-state index contributed by atoms with van der Waals surface area (Å²) in [5.41, 5.74) is 9.01. The highest BCUT2D eigenvalue weighted by atomic mass is 79.9. The quantitative estimate of drug-likeness (QED) is 0.916. The Bertz CT molecular complexity index is 425. The number of benzene rings is 1. The van der Waals surface area contributed by atoms with Crippen LogP contribution in [0.3, 0.4) is 0 Å². The summed E-state index contributed by atoms with van der Waals surface area (Å²) >= 11 is 3.60. The molecule has 0 aliphatic rings. The highest BCUT2D eigenvalue weighted by Gasteiger charge is 2.15. The van der Waals surface area contributed by atoms with Crippen LogP contribution in [0, 0.1) is 6.92 Å². The molecule has 0 spiro atoms. The smallest absolute Gasteiger partial charge is 0.129 e. The monoisotopic (exact) mass is 297 g/mol. The van der Waals surface area contributed by atoms with Gasteiger partial charge >= 0.3 is 0 Å². The Morgan fingerprint density at radius 2 is 2.12 bits per heavy atom. The Morgan fingerprint density at radius 3 is 2.59 bits per heavy atom. The molecule has 0 heterocycles. The van der Waals surface area contributed by atoms with Crippen molar-refractivity contribution in [2.24, 2.45) is 5.73 Å². The van der Waals surface area contributed by atoms with Crippen molar-refractivity contribution < 1.29 is 4.74 Å². The van der Waals surface area contributed by atoms with Crippen molar-refractivity contribution in [3.05, 3.63) is 33.3 Å². The SMILES string of the molecule is COc1c(C(C)C)cc(Br)c(C)c1/C=C/CN. The van der Waals surface area contributed by atoms with Crippen molar-refractivity contribution in [2.45, 2.75) is 26.7 Å². The van der Waals surface area contributed by atoms with Crippen molar-refractivity contribution in [1.29, 1.82) is 0 Å².